The molecule has 0 aromatic carbocycles. The summed E-state index contributed by atoms with van der Waals surface area (Å²) in [6.45, 7) is 4.36. The van der Waals surface area contributed by atoms with E-state index in [4.69, 9.17) is 5.11 Å². The second-order valence-electron chi connectivity index (χ2n) is 3.47. The van der Waals surface area contributed by atoms with Crippen LogP contribution < -0.4 is 5.32 Å². The molecule has 0 bridgehead atoms. The summed E-state index contributed by atoms with van der Waals surface area (Å²) in [5.74, 6) is -2.03. The van der Waals surface area contributed by atoms with Crippen LogP contribution in [0.5, 0.6) is 0 Å². The van der Waals surface area contributed by atoms with E-state index in [0.717, 1.165) is 0 Å². The molecular formula is C8H13NO3. The molecule has 1 aliphatic heterocycles. The van der Waals surface area contributed by atoms with Crippen molar-refractivity contribution in [2.45, 2.75) is 13.8 Å². The van der Waals surface area contributed by atoms with Gasteiger partial charge in [0.2, 0.25) is 5.91 Å². The van der Waals surface area contributed by atoms with Crippen LogP contribution in [0, 0.1) is 17.8 Å². The molecule has 1 rings (SSSR count). The maximum Gasteiger partial charge on any atom is 0.316 e. The van der Waals surface area contributed by atoms with Gasteiger partial charge in [0.25, 0.3) is 0 Å². The number of carboxylic acid groups (broad SMARTS) is 1. The van der Waals surface area contributed by atoms with E-state index >= 15 is 0 Å². The van der Waals surface area contributed by atoms with Crippen LogP contribution in [0.4, 0.5) is 0 Å². The molecule has 0 radical (unpaired) electrons. The van der Waals surface area contributed by atoms with Crippen molar-refractivity contribution in [2.75, 3.05) is 6.54 Å². The first-order chi connectivity index (χ1) is 5.54. The molecule has 0 saturated carbocycles. The average molecular weight is 171 g/mol. The normalized spacial score (nSPS) is 29.1. The van der Waals surface area contributed by atoms with Crippen molar-refractivity contribution >= 4 is 11.9 Å². The molecule has 1 heterocycles. The fourth-order valence-corrected chi connectivity index (χ4v) is 1.56. The largest absolute Gasteiger partial charge is 0.481 e. The van der Waals surface area contributed by atoms with Crippen molar-refractivity contribution in [2.24, 2.45) is 17.8 Å². The van der Waals surface area contributed by atoms with Crippen LogP contribution in [0.25, 0.3) is 0 Å². The van der Waals surface area contributed by atoms with Gasteiger partial charge in [-0.15, -0.1) is 0 Å². The van der Waals surface area contributed by atoms with Crippen LogP contribution in [0.15, 0.2) is 0 Å². The molecule has 1 saturated heterocycles. The third kappa shape index (κ3) is 1.42. The van der Waals surface area contributed by atoms with Gasteiger partial charge in [0.15, 0.2) is 0 Å². The molecular weight excluding hydrogens is 158 g/mol. The van der Waals surface area contributed by atoms with E-state index in [2.05, 4.69) is 5.32 Å². The van der Waals surface area contributed by atoms with Gasteiger partial charge in [-0.05, 0) is 5.92 Å². The zero-order valence-corrected chi connectivity index (χ0v) is 7.20. The number of rotatable bonds is 2. The zero-order valence-electron chi connectivity index (χ0n) is 7.20. The lowest BCUT2D eigenvalue weighted by molar-refractivity contribution is -0.147. The highest BCUT2D eigenvalue weighted by atomic mass is 16.4. The Labute approximate surface area is 71.0 Å². The van der Waals surface area contributed by atoms with Crippen LogP contribution in [0.3, 0.4) is 0 Å². The lowest BCUT2D eigenvalue weighted by Crippen LogP contribution is -2.29. The van der Waals surface area contributed by atoms with Crippen LogP contribution in [0.2, 0.25) is 0 Å². The van der Waals surface area contributed by atoms with Crippen LogP contribution in [-0.2, 0) is 9.59 Å². The van der Waals surface area contributed by atoms with Crippen molar-refractivity contribution in [3.05, 3.63) is 0 Å². The highest BCUT2D eigenvalue weighted by Crippen LogP contribution is 2.25. The number of carbonyl (C=O) groups excluding carboxylic acids is 1. The van der Waals surface area contributed by atoms with Gasteiger partial charge >= 0.3 is 5.97 Å². The maximum absolute atomic E-state index is 11.0. The molecule has 1 aliphatic rings. The summed E-state index contributed by atoms with van der Waals surface area (Å²) in [5.41, 5.74) is 0. The molecule has 0 aliphatic carbocycles. The topological polar surface area (TPSA) is 66.4 Å². The number of hydrogen-bond donors (Lipinski definition) is 2. The molecule has 12 heavy (non-hydrogen) atoms. The minimum atomic E-state index is -1.01. The minimum absolute atomic E-state index is 0.0602. The quantitative estimate of drug-likeness (QED) is 0.578. The fraction of sp³-hybridized carbons (Fsp3) is 0.750. The van der Waals surface area contributed by atoms with E-state index in [-0.39, 0.29) is 17.7 Å². The summed E-state index contributed by atoms with van der Waals surface area (Å²) < 4.78 is 0. The first kappa shape index (κ1) is 9.03. The number of aliphatic carboxylic acids is 1. The summed E-state index contributed by atoms with van der Waals surface area (Å²) in [4.78, 5) is 21.7. The standard InChI is InChI=1S/C8H13NO3/c1-4(2)5-3-9-7(10)6(5)8(11)12/h4-6H,3H2,1-2H3,(H,9,10)(H,11,12)/t5-,6+/m1/s1. The van der Waals surface area contributed by atoms with E-state index in [9.17, 15) is 9.59 Å². The van der Waals surface area contributed by atoms with Gasteiger partial charge in [-0.3, -0.25) is 9.59 Å². The fourth-order valence-electron chi connectivity index (χ4n) is 1.56. The second kappa shape index (κ2) is 3.13. The monoisotopic (exact) mass is 171 g/mol. The third-order valence-corrected chi connectivity index (χ3v) is 2.34. The zero-order chi connectivity index (χ0) is 9.30. The molecule has 0 aromatic rings. The molecule has 1 fully saturated rings. The van der Waals surface area contributed by atoms with Crippen molar-refractivity contribution < 1.29 is 14.7 Å². The Balaban J connectivity index is 2.77. The number of carboxylic acids is 1. The number of nitrogens with one attached hydrogen (secondary N) is 1. The van der Waals surface area contributed by atoms with E-state index in [1.165, 1.54) is 0 Å². The molecule has 68 valence electrons. The second-order valence-corrected chi connectivity index (χ2v) is 3.47. The maximum atomic E-state index is 11.0. The number of amides is 1. The summed E-state index contributed by atoms with van der Waals surface area (Å²) in [6.07, 6.45) is 0. The number of hydrogen-bond acceptors (Lipinski definition) is 2. The van der Waals surface area contributed by atoms with Crippen molar-refractivity contribution in [3.8, 4) is 0 Å². The van der Waals surface area contributed by atoms with Crippen molar-refractivity contribution in [1.29, 1.82) is 0 Å². The Morgan fingerprint density at radius 2 is 2.25 bits per heavy atom. The minimum Gasteiger partial charge on any atom is -0.481 e. The van der Waals surface area contributed by atoms with E-state index in [0.29, 0.717) is 6.54 Å². The van der Waals surface area contributed by atoms with Gasteiger partial charge in [-0.1, -0.05) is 13.8 Å². The Hall–Kier alpha value is -1.06. The van der Waals surface area contributed by atoms with E-state index in [1.54, 1.807) is 0 Å². The van der Waals surface area contributed by atoms with E-state index < -0.39 is 11.9 Å². The lowest BCUT2D eigenvalue weighted by atomic mass is 9.86. The van der Waals surface area contributed by atoms with Gasteiger partial charge in [0.1, 0.15) is 5.92 Å². The predicted octanol–water partition coefficient (Wildman–Crippen LogP) is 0.0892. The van der Waals surface area contributed by atoms with Crippen LogP contribution in [-0.4, -0.2) is 23.5 Å². The van der Waals surface area contributed by atoms with Crippen LogP contribution in [0.1, 0.15) is 13.8 Å². The Kier molecular flexibility index (Phi) is 2.35. The van der Waals surface area contributed by atoms with E-state index in [1.807, 2.05) is 13.8 Å². The van der Waals surface area contributed by atoms with Crippen LogP contribution >= 0.6 is 0 Å². The third-order valence-electron chi connectivity index (χ3n) is 2.34. The molecule has 0 aromatic heterocycles. The molecule has 1 amide bonds. The molecule has 0 spiro atoms. The summed E-state index contributed by atoms with van der Waals surface area (Å²) in [6, 6.07) is 0. The first-order valence-corrected chi connectivity index (χ1v) is 4.04. The molecule has 2 atom stereocenters. The lowest BCUT2D eigenvalue weighted by Gasteiger charge is -2.16. The van der Waals surface area contributed by atoms with Gasteiger partial charge < -0.3 is 10.4 Å². The summed E-state index contributed by atoms with van der Waals surface area (Å²) >= 11 is 0. The smallest absolute Gasteiger partial charge is 0.316 e. The van der Waals surface area contributed by atoms with Crippen molar-refractivity contribution in [3.63, 3.8) is 0 Å². The molecule has 4 nitrogen and oxygen atoms in total. The number of carbonyl (C=O) groups is 2. The molecule has 4 heteroatoms. The Morgan fingerprint density at radius 3 is 2.58 bits per heavy atom. The van der Waals surface area contributed by atoms with Gasteiger partial charge in [0.05, 0.1) is 0 Å². The highest BCUT2D eigenvalue weighted by Gasteiger charge is 2.41. The van der Waals surface area contributed by atoms with Gasteiger partial charge in [-0.25, -0.2) is 0 Å². The summed E-state index contributed by atoms with van der Waals surface area (Å²) in [5, 5.41) is 11.3. The summed E-state index contributed by atoms with van der Waals surface area (Å²) in [7, 11) is 0. The highest BCUT2D eigenvalue weighted by molar-refractivity contribution is 5.98. The van der Waals surface area contributed by atoms with Gasteiger partial charge in [-0.2, -0.15) is 0 Å². The Bertz CT molecular complexity index is 212. The predicted molar refractivity (Wildman–Crippen MR) is 42.5 cm³/mol. The van der Waals surface area contributed by atoms with Gasteiger partial charge in [0, 0.05) is 12.5 Å². The van der Waals surface area contributed by atoms with Crippen molar-refractivity contribution in [1.82, 2.24) is 5.32 Å². The molecule has 2 N–H and O–H groups in total. The Morgan fingerprint density at radius 1 is 1.67 bits per heavy atom. The average Bonchev–Trinajstić information content (AvgIpc) is 2.30. The molecule has 0 unspecified atom stereocenters. The SMILES string of the molecule is CC(C)[C@H]1CNC(=O)[C@H]1C(=O)O. The first-order valence-electron chi connectivity index (χ1n) is 4.04.